The number of hydrogen-bond donors (Lipinski definition) is 1. The summed E-state index contributed by atoms with van der Waals surface area (Å²) >= 11 is 0. The number of aromatic nitrogens is 1. The Kier molecular flexibility index (Phi) is 5.33. The van der Waals surface area contributed by atoms with Crippen LogP contribution in [0.15, 0.2) is 18.3 Å². The van der Waals surface area contributed by atoms with Crippen LogP contribution < -0.4 is 5.32 Å². The summed E-state index contributed by atoms with van der Waals surface area (Å²) < 4.78 is 0. The highest BCUT2D eigenvalue weighted by Gasteiger charge is 2.08. The molecule has 2 nitrogen and oxygen atoms in total. The summed E-state index contributed by atoms with van der Waals surface area (Å²) in [6.45, 7) is 7.66. The molecule has 0 saturated carbocycles. The fourth-order valence-corrected chi connectivity index (χ4v) is 1.67. The van der Waals surface area contributed by atoms with E-state index in [1.54, 1.807) is 0 Å². The van der Waals surface area contributed by atoms with Crippen LogP contribution in [0, 0.1) is 6.92 Å². The molecule has 1 atom stereocenters. The quantitative estimate of drug-likeness (QED) is 0.774. The topological polar surface area (TPSA) is 24.9 Å². The van der Waals surface area contributed by atoms with Crippen molar-refractivity contribution in [1.29, 1.82) is 0 Å². The molecule has 1 aromatic rings. The van der Waals surface area contributed by atoms with Crippen LogP contribution in [-0.2, 0) is 6.42 Å². The van der Waals surface area contributed by atoms with Crippen molar-refractivity contribution in [1.82, 2.24) is 10.3 Å². The van der Waals surface area contributed by atoms with Crippen LogP contribution in [0.1, 0.15) is 37.9 Å². The Morgan fingerprint density at radius 1 is 1.40 bits per heavy atom. The van der Waals surface area contributed by atoms with Gasteiger partial charge < -0.3 is 5.32 Å². The molecule has 15 heavy (non-hydrogen) atoms. The van der Waals surface area contributed by atoms with E-state index in [4.69, 9.17) is 0 Å². The average molecular weight is 206 g/mol. The zero-order valence-corrected chi connectivity index (χ0v) is 10.1. The monoisotopic (exact) mass is 206 g/mol. The van der Waals surface area contributed by atoms with Crippen LogP contribution >= 0.6 is 0 Å². The SMILES string of the molecule is CCCNC(CC)Cc1ncccc1C. The molecule has 0 bridgehead atoms. The highest BCUT2D eigenvalue weighted by Crippen LogP contribution is 2.08. The summed E-state index contributed by atoms with van der Waals surface area (Å²) in [6.07, 6.45) is 5.28. The Balaban J connectivity index is 2.54. The summed E-state index contributed by atoms with van der Waals surface area (Å²) in [5.74, 6) is 0. The highest BCUT2D eigenvalue weighted by atomic mass is 14.9. The molecule has 0 fully saturated rings. The Hall–Kier alpha value is -0.890. The Bertz CT molecular complexity index is 284. The minimum absolute atomic E-state index is 0.568. The first kappa shape index (κ1) is 12.2. The molecule has 1 unspecified atom stereocenters. The van der Waals surface area contributed by atoms with Gasteiger partial charge in [-0.25, -0.2) is 0 Å². The summed E-state index contributed by atoms with van der Waals surface area (Å²) in [5.41, 5.74) is 2.53. The molecule has 0 aliphatic rings. The molecule has 0 aliphatic heterocycles. The van der Waals surface area contributed by atoms with E-state index in [2.05, 4.69) is 37.1 Å². The van der Waals surface area contributed by atoms with Gasteiger partial charge in [-0.3, -0.25) is 4.98 Å². The molecule has 0 spiro atoms. The molecule has 0 aromatic carbocycles. The lowest BCUT2D eigenvalue weighted by Gasteiger charge is -2.16. The molecule has 0 amide bonds. The van der Waals surface area contributed by atoms with E-state index in [1.165, 1.54) is 17.7 Å². The second kappa shape index (κ2) is 6.57. The lowest BCUT2D eigenvalue weighted by Crippen LogP contribution is -2.31. The molecule has 2 heteroatoms. The minimum Gasteiger partial charge on any atom is -0.314 e. The van der Waals surface area contributed by atoms with Crippen molar-refractivity contribution in [3.8, 4) is 0 Å². The molecule has 0 radical (unpaired) electrons. The van der Waals surface area contributed by atoms with Gasteiger partial charge in [-0.1, -0.05) is 19.9 Å². The predicted octanol–water partition coefficient (Wildman–Crippen LogP) is 2.71. The summed E-state index contributed by atoms with van der Waals surface area (Å²) in [6, 6.07) is 4.70. The van der Waals surface area contributed by atoms with Gasteiger partial charge in [0, 0.05) is 24.4 Å². The lowest BCUT2D eigenvalue weighted by molar-refractivity contribution is 0.489. The maximum absolute atomic E-state index is 4.43. The third-order valence-corrected chi connectivity index (χ3v) is 2.73. The smallest absolute Gasteiger partial charge is 0.0448 e. The number of aryl methyl sites for hydroxylation is 1. The van der Waals surface area contributed by atoms with Gasteiger partial charge in [0.25, 0.3) is 0 Å². The Labute approximate surface area is 93.1 Å². The first-order chi connectivity index (χ1) is 7.27. The molecule has 0 saturated heterocycles. The molecule has 1 rings (SSSR count). The third kappa shape index (κ3) is 4.00. The van der Waals surface area contributed by atoms with Crippen molar-refractivity contribution >= 4 is 0 Å². The zero-order chi connectivity index (χ0) is 11.1. The largest absolute Gasteiger partial charge is 0.314 e. The van der Waals surface area contributed by atoms with E-state index in [-0.39, 0.29) is 0 Å². The van der Waals surface area contributed by atoms with Gasteiger partial charge in [0.05, 0.1) is 0 Å². The molecule has 1 heterocycles. The minimum atomic E-state index is 0.568. The van der Waals surface area contributed by atoms with E-state index >= 15 is 0 Å². The van der Waals surface area contributed by atoms with Crippen molar-refractivity contribution in [2.24, 2.45) is 0 Å². The second-order valence-corrected chi connectivity index (χ2v) is 4.03. The van der Waals surface area contributed by atoms with E-state index in [1.807, 2.05) is 12.3 Å². The van der Waals surface area contributed by atoms with Gasteiger partial charge in [-0.05, 0) is 37.9 Å². The molecular weight excluding hydrogens is 184 g/mol. The van der Waals surface area contributed by atoms with E-state index < -0.39 is 0 Å². The zero-order valence-electron chi connectivity index (χ0n) is 10.1. The highest BCUT2D eigenvalue weighted by molar-refractivity contribution is 5.18. The Morgan fingerprint density at radius 2 is 2.20 bits per heavy atom. The number of hydrogen-bond acceptors (Lipinski definition) is 2. The molecule has 0 aliphatic carbocycles. The van der Waals surface area contributed by atoms with Crippen molar-refractivity contribution in [3.05, 3.63) is 29.6 Å². The second-order valence-electron chi connectivity index (χ2n) is 4.03. The summed E-state index contributed by atoms with van der Waals surface area (Å²) in [7, 11) is 0. The third-order valence-electron chi connectivity index (χ3n) is 2.73. The van der Waals surface area contributed by atoms with Crippen LogP contribution in [0.2, 0.25) is 0 Å². The molecule has 1 N–H and O–H groups in total. The van der Waals surface area contributed by atoms with Crippen LogP contribution in [0.25, 0.3) is 0 Å². The number of rotatable bonds is 6. The van der Waals surface area contributed by atoms with E-state index in [0.717, 1.165) is 19.4 Å². The van der Waals surface area contributed by atoms with Crippen LogP contribution in [-0.4, -0.2) is 17.6 Å². The maximum atomic E-state index is 4.43. The van der Waals surface area contributed by atoms with E-state index in [0.29, 0.717) is 6.04 Å². The van der Waals surface area contributed by atoms with Gasteiger partial charge in [-0.2, -0.15) is 0 Å². The first-order valence-electron chi connectivity index (χ1n) is 5.91. The average Bonchev–Trinajstić information content (AvgIpc) is 2.26. The maximum Gasteiger partial charge on any atom is 0.0448 e. The fraction of sp³-hybridized carbons (Fsp3) is 0.615. The van der Waals surface area contributed by atoms with Gasteiger partial charge in [0.15, 0.2) is 0 Å². The van der Waals surface area contributed by atoms with Gasteiger partial charge in [0.1, 0.15) is 0 Å². The summed E-state index contributed by atoms with van der Waals surface area (Å²) in [4.78, 5) is 4.43. The van der Waals surface area contributed by atoms with Crippen molar-refractivity contribution in [2.75, 3.05) is 6.54 Å². The fourth-order valence-electron chi connectivity index (χ4n) is 1.67. The standard InChI is InChI=1S/C13H22N2/c1-4-8-14-12(5-2)10-13-11(3)7-6-9-15-13/h6-7,9,12,14H,4-5,8,10H2,1-3H3. The first-order valence-corrected chi connectivity index (χ1v) is 5.91. The van der Waals surface area contributed by atoms with Crippen LogP contribution in [0.4, 0.5) is 0 Å². The molecule has 84 valence electrons. The van der Waals surface area contributed by atoms with Crippen molar-refractivity contribution < 1.29 is 0 Å². The number of nitrogens with one attached hydrogen (secondary N) is 1. The van der Waals surface area contributed by atoms with Gasteiger partial charge in [0.2, 0.25) is 0 Å². The lowest BCUT2D eigenvalue weighted by atomic mass is 10.0. The Morgan fingerprint density at radius 3 is 2.80 bits per heavy atom. The van der Waals surface area contributed by atoms with Gasteiger partial charge >= 0.3 is 0 Å². The van der Waals surface area contributed by atoms with Crippen molar-refractivity contribution in [2.45, 2.75) is 46.1 Å². The van der Waals surface area contributed by atoms with Gasteiger partial charge in [-0.15, -0.1) is 0 Å². The van der Waals surface area contributed by atoms with E-state index in [9.17, 15) is 0 Å². The normalized spacial score (nSPS) is 12.7. The molecule has 1 aromatic heterocycles. The predicted molar refractivity (Wildman–Crippen MR) is 65.1 cm³/mol. The number of pyridine rings is 1. The summed E-state index contributed by atoms with van der Waals surface area (Å²) in [5, 5.41) is 3.55. The van der Waals surface area contributed by atoms with Crippen LogP contribution in [0.3, 0.4) is 0 Å². The van der Waals surface area contributed by atoms with Crippen LogP contribution in [0.5, 0.6) is 0 Å². The van der Waals surface area contributed by atoms with Crippen molar-refractivity contribution in [3.63, 3.8) is 0 Å². The molecular formula is C13H22N2. The number of nitrogens with zero attached hydrogens (tertiary/aromatic N) is 1.